The first-order valence-corrected chi connectivity index (χ1v) is 7.60. The van der Waals surface area contributed by atoms with E-state index in [1.807, 2.05) is 0 Å². The number of alkyl halides is 2. The van der Waals surface area contributed by atoms with Crippen LogP contribution >= 0.6 is 11.3 Å². The van der Waals surface area contributed by atoms with Crippen molar-refractivity contribution in [1.82, 2.24) is 4.98 Å². The van der Waals surface area contributed by atoms with Gasteiger partial charge in [-0.2, -0.15) is 0 Å². The Hall–Kier alpha value is -1.63. The average molecular weight is 314 g/mol. The molecule has 2 aromatic rings. The smallest absolute Gasteiger partial charge is 0.250 e. The molecule has 114 valence electrons. The van der Waals surface area contributed by atoms with Crippen LogP contribution in [-0.4, -0.2) is 29.2 Å². The number of halogens is 2. The number of hydrogen-bond donors (Lipinski definition) is 2. The van der Waals surface area contributed by atoms with E-state index < -0.39 is 5.92 Å². The van der Waals surface area contributed by atoms with Crippen molar-refractivity contribution >= 4 is 26.7 Å². The molecule has 0 aliphatic heterocycles. The molecule has 2 N–H and O–H groups in total. The van der Waals surface area contributed by atoms with Crippen LogP contribution in [0.25, 0.3) is 10.2 Å². The molecule has 1 heterocycles. The van der Waals surface area contributed by atoms with Crippen LogP contribution in [-0.2, 0) is 0 Å². The van der Waals surface area contributed by atoms with Gasteiger partial charge in [0.25, 0.3) is 0 Å². The molecular formula is C14H16F2N2O2S. The minimum atomic E-state index is -2.59. The number of methoxy groups -OCH3 is 1. The number of phenols is 1. The Kier molecular flexibility index (Phi) is 3.61. The van der Waals surface area contributed by atoms with Crippen molar-refractivity contribution in [2.45, 2.75) is 37.6 Å². The fourth-order valence-electron chi connectivity index (χ4n) is 2.67. The molecule has 1 aromatic heterocycles. The number of rotatable bonds is 3. The van der Waals surface area contributed by atoms with Gasteiger partial charge in [0, 0.05) is 24.9 Å². The third kappa shape index (κ3) is 3.02. The van der Waals surface area contributed by atoms with Gasteiger partial charge < -0.3 is 15.2 Å². The monoisotopic (exact) mass is 314 g/mol. The van der Waals surface area contributed by atoms with Crippen LogP contribution in [0.2, 0.25) is 0 Å². The van der Waals surface area contributed by atoms with Crippen LogP contribution < -0.4 is 10.1 Å². The summed E-state index contributed by atoms with van der Waals surface area (Å²) in [4.78, 5) is 4.39. The van der Waals surface area contributed by atoms with E-state index >= 15 is 0 Å². The van der Waals surface area contributed by atoms with Crippen molar-refractivity contribution in [2.24, 2.45) is 0 Å². The Labute approximate surface area is 124 Å². The maximum atomic E-state index is 13.4. The molecule has 21 heavy (non-hydrogen) atoms. The predicted octanol–water partition coefficient (Wildman–Crippen LogP) is 4.00. The summed E-state index contributed by atoms with van der Waals surface area (Å²) >= 11 is 1.33. The zero-order valence-corrected chi connectivity index (χ0v) is 12.3. The lowest BCUT2D eigenvalue weighted by Crippen LogP contribution is -2.34. The number of nitrogens with zero attached hydrogens (tertiary/aromatic N) is 1. The highest BCUT2D eigenvalue weighted by Gasteiger charge is 2.36. The van der Waals surface area contributed by atoms with Crippen LogP contribution in [0.3, 0.4) is 0 Å². The van der Waals surface area contributed by atoms with Crippen LogP contribution in [0.5, 0.6) is 11.5 Å². The molecular weight excluding hydrogens is 298 g/mol. The summed E-state index contributed by atoms with van der Waals surface area (Å²) in [5.74, 6) is -2.02. The van der Waals surface area contributed by atoms with Gasteiger partial charge in [-0.1, -0.05) is 11.3 Å². The number of ether oxygens (including phenoxy) is 1. The van der Waals surface area contributed by atoms with E-state index in [-0.39, 0.29) is 24.6 Å². The number of phenolic OH excluding ortho intramolecular Hbond substituents is 1. The maximum Gasteiger partial charge on any atom is 0.250 e. The van der Waals surface area contributed by atoms with Crippen molar-refractivity contribution in [1.29, 1.82) is 0 Å². The number of fused-ring (bicyclic) bond motifs is 1. The second-order valence-electron chi connectivity index (χ2n) is 5.31. The molecule has 1 unspecified atom stereocenters. The normalized spacial score (nSPS) is 21.4. The highest BCUT2D eigenvalue weighted by atomic mass is 32.1. The van der Waals surface area contributed by atoms with Crippen LogP contribution in [0.15, 0.2) is 12.1 Å². The summed E-state index contributed by atoms with van der Waals surface area (Å²) in [6.45, 7) is 0. The van der Waals surface area contributed by atoms with Crippen molar-refractivity contribution in [3.63, 3.8) is 0 Å². The summed E-state index contributed by atoms with van der Waals surface area (Å²) in [6, 6.07) is 2.81. The predicted molar refractivity (Wildman–Crippen MR) is 78.7 cm³/mol. The van der Waals surface area contributed by atoms with Crippen LogP contribution in [0.4, 0.5) is 13.9 Å². The average Bonchev–Trinajstić information content (AvgIpc) is 2.78. The maximum absolute atomic E-state index is 13.4. The van der Waals surface area contributed by atoms with E-state index in [0.29, 0.717) is 29.2 Å². The van der Waals surface area contributed by atoms with Crippen molar-refractivity contribution in [2.75, 3.05) is 12.4 Å². The van der Waals surface area contributed by atoms with Gasteiger partial charge in [0.15, 0.2) is 5.13 Å². The van der Waals surface area contributed by atoms with Gasteiger partial charge in [-0.25, -0.2) is 13.8 Å². The standard InChI is InChI=1S/C14H16F2N2O2S/c1-20-10-5-9(19)6-11-12(10)18-13(21-11)17-8-3-2-4-14(15,16)7-8/h5-6,8,19H,2-4,7H2,1H3,(H,17,18). The molecule has 1 atom stereocenters. The zero-order valence-electron chi connectivity index (χ0n) is 11.5. The van der Waals surface area contributed by atoms with Gasteiger partial charge in [-0.15, -0.1) is 0 Å². The van der Waals surface area contributed by atoms with Gasteiger partial charge >= 0.3 is 0 Å². The van der Waals surface area contributed by atoms with E-state index in [1.165, 1.54) is 24.5 Å². The number of anilines is 1. The Morgan fingerprint density at radius 3 is 3.00 bits per heavy atom. The van der Waals surface area contributed by atoms with Crippen LogP contribution in [0.1, 0.15) is 25.7 Å². The Bertz CT molecular complexity index is 660. The molecule has 0 amide bonds. The summed E-state index contributed by atoms with van der Waals surface area (Å²) in [5, 5.41) is 13.3. The highest BCUT2D eigenvalue weighted by molar-refractivity contribution is 7.22. The number of thiazole rings is 1. The molecule has 0 spiro atoms. The molecule has 0 saturated heterocycles. The summed E-state index contributed by atoms with van der Waals surface area (Å²) in [6.07, 6.45) is 1.03. The number of hydrogen-bond acceptors (Lipinski definition) is 5. The van der Waals surface area contributed by atoms with Crippen molar-refractivity contribution < 1.29 is 18.6 Å². The van der Waals surface area contributed by atoms with E-state index in [1.54, 1.807) is 6.07 Å². The van der Waals surface area contributed by atoms with E-state index in [2.05, 4.69) is 10.3 Å². The van der Waals surface area contributed by atoms with Gasteiger partial charge in [0.2, 0.25) is 5.92 Å². The summed E-state index contributed by atoms with van der Waals surface area (Å²) in [7, 11) is 1.50. The first-order valence-electron chi connectivity index (χ1n) is 6.79. The fourth-order valence-corrected chi connectivity index (χ4v) is 3.67. The third-order valence-corrected chi connectivity index (χ3v) is 4.57. The minimum Gasteiger partial charge on any atom is -0.508 e. The molecule has 1 fully saturated rings. The lowest BCUT2D eigenvalue weighted by molar-refractivity contribution is -0.0373. The van der Waals surface area contributed by atoms with Gasteiger partial charge in [-0.05, 0) is 18.9 Å². The molecule has 3 rings (SSSR count). The molecule has 0 bridgehead atoms. The lowest BCUT2D eigenvalue weighted by Gasteiger charge is -2.29. The number of nitrogens with one attached hydrogen (secondary N) is 1. The molecule has 1 aliphatic carbocycles. The molecule has 1 saturated carbocycles. The Morgan fingerprint density at radius 1 is 1.48 bits per heavy atom. The molecule has 7 heteroatoms. The largest absolute Gasteiger partial charge is 0.508 e. The van der Waals surface area contributed by atoms with Gasteiger partial charge in [0.1, 0.15) is 17.0 Å². The number of aromatic nitrogens is 1. The topological polar surface area (TPSA) is 54.4 Å². The van der Waals surface area contributed by atoms with E-state index in [0.717, 1.165) is 4.70 Å². The lowest BCUT2D eigenvalue weighted by atomic mass is 9.92. The highest BCUT2D eigenvalue weighted by Crippen LogP contribution is 2.38. The molecule has 1 aromatic carbocycles. The van der Waals surface area contributed by atoms with Crippen molar-refractivity contribution in [3.05, 3.63) is 12.1 Å². The van der Waals surface area contributed by atoms with Gasteiger partial charge in [-0.3, -0.25) is 0 Å². The Balaban J connectivity index is 1.84. The van der Waals surface area contributed by atoms with Crippen molar-refractivity contribution in [3.8, 4) is 11.5 Å². The minimum absolute atomic E-state index is 0.0350. The first kappa shape index (κ1) is 14.3. The van der Waals surface area contributed by atoms with E-state index in [4.69, 9.17) is 4.74 Å². The van der Waals surface area contributed by atoms with Gasteiger partial charge in [0.05, 0.1) is 11.8 Å². The summed E-state index contributed by atoms with van der Waals surface area (Å²) < 4.78 is 32.8. The molecule has 1 aliphatic rings. The number of aromatic hydroxyl groups is 1. The second kappa shape index (κ2) is 5.29. The SMILES string of the molecule is COc1cc(O)cc2sc(NC3CCCC(F)(F)C3)nc12. The third-order valence-electron chi connectivity index (χ3n) is 3.63. The molecule has 4 nitrogen and oxygen atoms in total. The Morgan fingerprint density at radius 2 is 2.29 bits per heavy atom. The van der Waals surface area contributed by atoms with E-state index in [9.17, 15) is 13.9 Å². The summed E-state index contributed by atoms with van der Waals surface area (Å²) in [5.41, 5.74) is 0.630. The van der Waals surface area contributed by atoms with Crippen LogP contribution in [0, 0.1) is 0 Å². The fraction of sp³-hybridized carbons (Fsp3) is 0.500. The number of benzene rings is 1. The zero-order chi connectivity index (χ0) is 15.0. The second-order valence-corrected chi connectivity index (χ2v) is 6.34. The quantitative estimate of drug-likeness (QED) is 0.899. The molecule has 0 radical (unpaired) electrons. The first-order chi connectivity index (χ1) is 9.97.